The Morgan fingerprint density at radius 3 is 2.93 bits per heavy atom. The molecule has 0 radical (unpaired) electrons. The van der Waals surface area contributed by atoms with Crippen LogP contribution in [-0.2, 0) is 12.8 Å². The number of aromatic carboxylic acids is 1. The minimum atomic E-state index is -0.869. The Hall–Kier alpha value is -1.35. The molecule has 1 aromatic carbocycles. The minimum absolute atomic E-state index is 0.187. The highest BCUT2D eigenvalue weighted by Crippen LogP contribution is 2.21. The topological polar surface area (TPSA) is 63.3 Å². The highest BCUT2D eigenvalue weighted by atomic mass is 16.4. The lowest BCUT2D eigenvalue weighted by Crippen LogP contribution is -2.28. The van der Waals surface area contributed by atoms with E-state index < -0.39 is 5.97 Å². The fourth-order valence-corrected chi connectivity index (χ4v) is 1.92. The second kappa shape index (κ2) is 3.42. The molecule has 1 atom stereocenters. The summed E-state index contributed by atoms with van der Waals surface area (Å²) in [4.78, 5) is 10.7. The Balaban J connectivity index is 2.37. The number of rotatable bonds is 1. The molecule has 0 aliphatic heterocycles. The first-order chi connectivity index (χ1) is 6.66. The van der Waals surface area contributed by atoms with Gasteiger partial charge in [-0.25, -0.2) is 4.79 Å². The van der Waals surface area contributed by atoms with Crippen LogP contribution in [0.15, 0.2) is 18.2 Å². The van der Waals surface area contributed by atoms with Crippen molar-refractivity contribution in [2.75, 3.05) is 0 Å². The zero-order chi connectivity index (χ0) is 10.1. The second-order valence-corrected chi connectivity index (χ2v) is 3.79. The summed E-state index contributed by atoms with van der Waals surface area (Å²) in [5.41, 5.74) is 8.53. The Bertz CT molecular complexity index is 374. The van der Waals surface area contributed by atoms with Crippen LogP contribution in [0.5, 0.6) is 0 Å². The van der Waals surface area contributed by atoms with Crippen LogP contribution in [0, 0.1) is 0 Å². The van der Waals surface area contributed by atoms with Crippen molar-refractivity contribution in [2.45, 2.75) is 25.3 Å². The van der Waals surface area contributed by atoms with Crippen molar-refractivity contribution < 1.29 is 9.90 Å². The molecule has 1 aromatic rings. The van der Waals surface area contributed by atoms with Gasteiger partial charge in [-0.3, -0.25) is 0 Å². The third-order valence-electron chi connectivity index (χ3n) is 2.72. The highest BCUT2D eigenvalue weighted by Gasteiger charge is 2.16. The van der Waals surface area contributed by atoms with Gasteiger partial charge >= 0.3 is 5.97 Å². The lowest BCUT2D eigenvalue weighted by atomic mass is 9.88. The van der Waals surface area contributed by atoms with Crippen LogP contribution in [0.3, 0.4) is 0 Å². The molecule has 0 saturated carbocycles. The number of carboxylic acid groups (broad SMARTS) is 1. The maximum atomic E-state index is 10.7. The van der Waals surface area contributed by atoms with Crippen molar-refractivity contribution in [2.24, 2.45) is 5.73 Å². The van der Waals surface area contributed by atoms with Crippen molar-refractivity contribution >= 4 is 5.97 Å². The third kappa shape index (κ3) is 1.63. The lowest BCUT2D eigenvalue weighted by molar-refractivity contribution is 0.0696. The van der Waals surface area contributed by atoms with E-state index in [1.54, 1.807) is 12.1 Å². The summed E-state index contributed by atoms with van der Waals surface area (Å²) in [5.74, 6) is -0.869. The predicted molar refractivity (Wildman–Crippen MR) is 53.4 cm³/mol. The number of benzene rings is 1. The van der Waals surface area contributed by atoms with Gasteiger partial charge in [-0.2, -0.15) is 0 Å². The summed E-state index contributed by atoms with van der Waals surface area (Å²) in [6, 6.07) is 5.51. The summed E-state index contributed by atoms with van der Waals surface area (Å²) >= 11 is 0. The monoisotopic (exact) mass is 191 g/mol. The summed E-state index contributed by atoms with van der Waals surface area (Å²) in [6.07, 6.45) is 2.77. The Labute approximate surface area is 82.5 Å². The number of aryl methyl sites for hydroxylation is 1. The van der Waals surface area contributed by atoms with Gasteiger partial charge in [0.25, 0.3) is 0 Å². The molecule has 2 rings (SSSR count). The molecule has 0 spiro atoms. The summed E-state index contributed by atoms with van der Waals surface area (Å²) in [6.45, 7) is 0. The fraction of sp³-hybridized carbons (Fsp3) is 0.364. The molecule has 0 fully saturated rings. The van der Waals surface area contributed by atoms with Gasteiger partial charge in [0.2, 0.25) is 0 Å². The van der Waals surface area contributed by atoms with Crippen LogP contribution in [0.25, 0.3) is 0 Å². The van der Waals surface area contributed by atoms with Crippen molar-refractivity contribution in [1.82, 2.24) is 0 Å². The first kappa shape index (κ1) is 9.21. The van der Waals surface area contributed by atoms with Gasteiger partial charge in [0, 0.05) is 6.04 Å². The van der Waals surface area contributed by atoms with E-state index >= 15 is 0 Å². The van der Waals surface area contributed by atoms with Gasteiger partial charge in [-0.15, -0.1) is 0 Å². The van der Waals surface area contributed by atoms with E-state index in [2.05, 4.69) is 0 Å². The van der Waals surface area contributed by atoms with Crippen molar-refractivity contribution in [3.8, 4) is 0 Å². The molecule has 3 nitrogen and oxygen atoms in total. The molecule has 0 amide bonds. The van der Waals surface area contributed by atoms with Gasteiger partial charge in [0.15, 0.2) is 0 Å². The van der Waals surface area contributed by atoms with E-state index in [4.69, 9.17) is 10.8 Å². The Morgan fingerprint density at radius 2 is 2.21 bits per heavy atom. The van der Waals surface area contributed by atoms with E-state index in [9.17, 15) is 4.79 Å². The zero-order valence-electron chi connectivity index (χ0n) is 7.86. The molecule has 1 unspecified atom stereocenters. The van der Waals surface area contributed by atoms with Crippen LogP contribution < -0.4 is 5.73 Å². The van der Waals surface area contributed by atoms with E-state index in [0.717, 1.165) is 24.8 Å². The minimum Gasteiger partial charge on any atom is -0.478 e. The number of hydrogen-bond donors (Lipinski definition) is 2. The number of hydrogen-bond acceptors (Lipinski definition) is 2. The van der Waals surface area contributed by atoms with E-state index in [1.165, 1.54) is 5.56 Å². The molecule has 3 heteroatoms. The number of fused-ring (bicyclic) bond motifs is 1. The molecule has 1 aliphatic rings. The van der Waals surface area contributed by atoms with E-state index in [1.807, 2.05) is 6.07 Å². The van der Waals surface area contributed by atoms with Crippen LogP contribution in [0.1, 0.15) is 27.9 Å². The number of carboxylic acids is 1. The molecule has 3 N–H and O–H groups in total. The fourth-order valence-electron chi connectivity index (χ4n) is 1.92. The molecule has 1 aliphatic carbocycles. The molecular formula is C11H13NO2. The van der Waals surface area contributed by atoms with Crippen molar-refractivity contribution in [1.29, 1.82) is 0 Å². The summed E-state index contributed by atoms with van der Waals surface area (Å²) < 4.78 is 0. The van der Waals surface area contributed by atoms with Crippen LogP contribution >= 0.6 is 0 Å². The molecule has 0 aromatic heterocycles. The van der Waals surface area contributed by atoms with Crippen LogP contribution in [0.2, 0.25) is 0 Å². The Kier molecular flexibility index (Phi) is 2.25. The van der Waals surface area contributed by atoms with Crippen molar-refractivity contribution in [3.63, 3.8) is 0 Å². The maximum Gasteiger partial charge on any atom is 0.335 e. The largest absolute Gasteiger partial charge is 0.478 e. The van der Waals surface area contributed by atoms with Crippen LogP contribution in [0.4, 0.5) is 0 Å². The number of nitrogens with two attached hydrogens (primary N) is 1. The SMILES string of the molecule is NC1CCc2ccc(C(=O)O)cc2C1. The van der Waals surface area contributed by atoms with Crippen molar-refractivity contribution in [3.05, 3.63) is 34.9 Å². The maximum absolute atomic E-state index is 10.7. The van der Waals surface area contributed by atoms with Gasteiger partial charge < -0.3 is 10.8 Å². The molecule has 0 saturated heterocycles. The summed E-state index contributed by atoms with van der Waals surface area (Å²) in [5, 5.41) is 8.82. The molecule has 14 heavy (non-hydrogen) atoms. The predicted octanol–water partition coefficient (Wildman–Crippen LogP) is 1.20. The first-order valence-electron chi connectivity index (χ1n) is 4.77. The quantitative estimate of drug-likeness (QED) is 0.701. The van der Waals surface area contributed by atoms with Gasteiger partial charge in [0.1, 0.15) is 0 Å². The second-order valence-electron chi connectivity index (χ2n) is 3.79. The number of carbonyl (C=O) groups is 1. The Morgan fingerprint density at radius 1 is 1.43 bits per heavy atom. The van der Waals surface area contributed by atoms with E-state index in [0.29, 0.717) is 5.56 Å². The third-order valence-corrected chi connectivity index (χ3v) is 2.72. The standard InChI is InChI=1S/C11H13NO2/c12-10-4-3-7-1-2-8(11(13)14)5-9(7)6-10/h1-2,5,10H,3-4,6,12H2,(H,13,14). The molecular weight excluding hydrogens is 178 g/mol. The van der Waals surface area contributed by atoms with Gasteiger partial charge in [-0.1, -0.05) is 6.07 Å². The molecule has 0 heterocycles. The zero-order valence-corrected chi connectivity index (χ0v) is 7.86. The first-order valence-corrected chi connectivity index (χ1v) is 4.77. The van der Waals surface area contributed by atoms with Gasteiger partial charge in [0.05, 0.1) is 5.56 Å². The normalized spacial score (nSPS) is 20.2. The molecule has 0 bridgehead atoms. The lowest BCUT2D eigenvalue weighted by Gasteiger charge is -2.21. The van der Waals surface area contributed by atoms with Crippen LogP contribution in [-0.4, -0.2) is 17.1 Å². The highest BCUT2D eigenvalue weighted by molar-refractivity contribution is 5.87. The summed E-state index contributed by atoms with van der Waals surface area (Å²) in [7, 11) is 0. The van der Waals surface area contributed by atoms with Gasteiger partial charge in [-0.05, 0) is 42.5 Å². The van der Waals surface area contributed by atoms with E-state index in [-0.39, 0.29) is 6.04 Å². The average molecular weight is 191 g/mol. The average Bonchev–Trinajstić information content (AvgIpc) is 2.16. The molecule has 74 valence electrons. The smallest absolute Gasteiger partial charge is 0.335 e.